The van der Waals surface area contributed by atoms with Crippen molar-refractivity contribution in [1.82, 2.24) is 15.2 Å². The molecule has 11 heteroatoms. The number of carbonyl (C=O) groups is 3. The van der Waals surface area contributed by atoms with Gasteiger partial charge in [0.05, 0.1) is 6.42 Å². The monoisotopic (exact) mass is 518 g/mol. The van der Waals surface area contributed by atoms with Crippen molar-refractivity contribution in [3.05, 3.63) is 53.2 Å². The molecule has 9 nitrogen and oxygen atoms in total. The summed E-state index contributed by atoms with van der Waals surface area (Å²) in [5.41, 5.74) is -0.134. The number of ether oxygens (including phenoxy) is 1. The number of amides is 3. The molecule has 200 valence electrons. The van der Waals surface area contributed by atoms with E-state index in [1.54, 1.807) is 32.9 Å². The fourth-order valence-electron chi connectivity index (χ4n) is 4.46. The zero-order valence-corrected chi connectivity index (χ0v) is 21.5. The third-order valence-electron chi connectivity index (χ3n) is 6.23. The number of likely N-dealkylation sites (tertiary alicyclic amines) is 1. The predicted molar refractivity (Wildman–Crippen MR) is 133 cm³/mol. The first kappa shape index (κ1) is 27.8. The Hall–Kier alpha value is -3.76. The summed E-state index contributed by atoms with van der Waals surface area (Å²) in [6.07, 6.45) is -0.276. The third kappa shape index (κ3) is 6.33. The lowest BCUT2D eigenvalue weighted by Crippen LogP contribution is -2.69. The van der Waals surface area contributed by atoms with Gasteiger partial charge >= 0.3 is 18.6 Å². The Labute approximate surface area is 214 Å². The highest BCUT2D eigenvalue weighted by atomic mass is 19.3. The highest BCUT2D eigenvalue weighted by molar-refractivity contribution is 6.02. The Morgan fingerprint density at radius 3 is 2.41 bits per heavy atom. The average molecular weight is 519 g/mol. The van der Waals surface area contributed by atoms with Gasteiger partial charge in [0.1, 0.15) is 11.1 Å². The van der Waals surface area contributed by atoms with Crippen LogP contribution in [0.15, 0.2) is 36.4 Å². The summed E-state index contributed by atoms with van der Waals surface area (Å²) in [7, 11) is 0. The van der Waals surface area contributed by atoms with Crippen molar-refractivity contribution in [1.29, 1.82) is 0 Å². The molecule has 3 amide bonds. The smallest absolute Gasteiger partial charge is 0.388 e. The molecule has 1 aromatic carbocycles. The lowest BCUT2D eigenvalue weighted by atomic mass is 9.69. The fraction of sp³-hybridized carbons (Fsp3) is 0.462. The molecular formula is C26H32F2N4O5. The van der Waals surface area contributed by atoms with Gasteiger partial charge in [-0.1, -0.05) is 38.1 Å². The number of urea groups is 1. The Balaban J connectivity index is 1.94. The van der Waals surface area contributed by atoms with Gasteiger partial charge in [-0.2, -0.15) is 8.78 Å². The van der Waals surface area contributed by atoms with E-state index in [0.29, 0.717) is 11.3 Å². The summed E-state index contributed by atoms with van der Waals surface area (Å²) < 4.78 is 30.5. The molecule has 3 rings (SSSR count). The molecule has 1 aliphatic heterocycles. The maximum atomic E-state index is 13.8. The molecule has 1 saturated heterocycles. The van der Waals surface area contributed by atoms with Crippen molar-refractivity contribution < 1.29 is 33.0 Å². The molecule has 0 unspecified atom stereocenters. The minimum atomic E-state index is -3.13. The topological polar surface area (TPSA) is 121 Å². The quantitative estimate of drug-likeness (QED) is 0.456. The standard InChI is InChI=1S/C26H32F2N4O5/c1-15(2)17-8-6-7-9-18(17)26(13-32(14-26)24(36)31-25(4,5)12-20(33)34)22(35)30-19-11-10-16(3)29-21(19)37-23(27)28/h6-11,15,23H,12-14H2,1-5H3,(H,30,35)(H,31,36)(H,33,34). The van der Waals surface area contributed by atoms with E-state index in [-0.39, 0.29) is 31.1 Å². The molecule has 0 radical (unpaired) electrons. The van der Waals surface area contributed by atoms with Crippen LogP contribution in [0.25, 0.3) is 0 Å². The molecule has 0 aliphatic carbocycles. The minimum Gasteiger partial charge on any atom is -0.481 e. The van der Waals surface area contributed by atoms with Gasteiger partial charge < -0.3 is 25.4 Å². The summed E-state index contributed by atoms with van der Waals surface area (Å²) in [5, 5.41) is 14.5. The summed E-state index contributed by atoms with van der Waals surface area (Å²) in [6, 6.07) is 9.89. The van der Waals surface area contributed by atoms with E-state index in [1.807, 2.05) is 32.0 Å². The summed E-state index contributed by atoms with van der Waals surface area (Å²) in [4.78, 5) is 43.3. The molecule has 0 saturated carbocycles. The number of benzene rings is 1. The zero-order chi connectivity index (χ0) is 27.5. The zero-order valence-electron chi connectivity index (χ0n) is 21.5. The van der Waals surface area contributed by atoms with Gasteiger partial charge in [0.25, 0.3) is 0 Å². The Kier molecular flexibility index (Phi) is 8.04. The van der Waals surface area contributed by atoms with Crippen LogP contribution >= 0.6 is 0 Å². The number of halogens is 2. The number of carbonyl (C=O) groups excluding carboxylic acids is 2. The number of aryl methyl sites for hydroxylation is 1. The van der Waals surface area contributed by atoms with Crippen LogP contribution in [0.2, 0.25) is 0 Å². The number of nitrogens with one attached hydrogen (secondary N) is 2. The summed E-state index contributed by atoms with van der Waals surface area (Å²) in [5.74, 6) is -1.89. The predicted octanol–water partition coefficient (Wildman–Crippen LogP) is 4.27. The molecule has 1 fully saturated rings. The van der Waals surface area contributed by atoms with Gasteiger partial charge in [-0.3, -0.25) is 9.59 Å². The van der Waals surface area contributed by atoms with E-state index < -0.39 is 41.4 Å². The molecular weight excluding hydrogens is 486 g/mol. The number of carboxylic acids is 1. The molecule has 0 spiro atoms. The lowest BCUT2D eigenvalue weighted by Gasteiger charge is -2.50. The van der Waals surface area contributed by atoms with E-state index in [2.05, 4.69) is 20.4 Å². The molecule has 2 heterocycles. The van der Waals surface area contributed by atoms with Gasteiger partial charge in [0, 0.05) is 24.3 Å². The van der Waals surface area contributed by atoms with E-state index in [4.69, 9.17) is 5.11 Å². The number of aliphatic carboxylic acids is 1. The molecule has 37 heavy (non-hydrogen) atoms. The molecule has 3 N–H and O–H groups in total. The van der Waals surface area contributed by atoms with Gasteiger partial charge in [-0.25, -0.2) is 9.78 Å². The van der Waals surface area contributed by atoms with Crippen LogP contribution in [0.1, 0.15) is 56.9 Å². The molecule has 1 aromatic heterocycles. The molecule has 0 bridgehead atoms. The Morgan fingerprint density at radius 2 is 1.81 bits per heavy atom. The van der Waals surface area contributed by atoms with Crippen LogP contribution in [0.5, 0.6) is 5.88 Å². The normalized spacial score (nSPS) is 14.8. The number of hydrogen-bond donors (Lipinski definition) is 3. The highest BCUT2D eigenvalue weighted by Crippen LogP contribution is 2.40. The van der Waals surface area contributed by atoms with Crippen LogP contribution in [0.3, 0.4) is 0 Å². The van der Waals surface area contributed by atoms with Crippen molar-refractivity contribution in [2.75, 3.05) is 18.4 Å². The first-order chi connectivity index (χ1) is 17.2. The Bertz CT molecular complexity index is 1180. The van der Waals surface area contributed by atoms with Gasteiger partial charge in [-0.05, 0) is 49.9 Å². The number of aromatic nitrogens is 1. The fourth-order valence-corrected chi connectivity index (χ4v) is 4.46. The van der Waals surface area contributed by atoms with Crippen molar-refractivity contribution in [2.24, 2.45) is 0 Å². The van der Waals surface area contributed by atoms with E-state index >= 15 is 0 Å². The number of nitrogens with zero attached hydrogens (tertiary/aromatic N) is 2. The number of anilines is 1. The van der Waals surface area contributed by atoms with Crippen LogP contribution in [-0.4, -0.2) is 58.1 Å². The van der Waals surface area contributed by atoms with Crippen molar-refractivity contribution >= 4 is 23.6 Å². The van der Waals surface area contributed by atoms with Crippen LogP contribution < -0.4 is 15.4 Å². The summed E-state index contributed by atoms with van der Waals surface area (Å²) in [6.45, 7) is 5.66. The molecule has 2 aromatic rings. The van der Waals surface area contributed by atoms with Gasteiger partial charge in [0.2, 0.25) is 11.8 Å². The van der Waals surface area contributed by atoms with Crippen molar-refractivity contribution in [3.63, 3.8) is 0 Å². The first-order valence-electron chi connectivity index (χ1n) is 11.9. The Morgan fingerprint density at radius 1 is 1.16 bits per heavy atom. The van der Waals surface area contributed by atoms with E-state index in [0.717, 1.165) is 5.56 Å². The second-order valence-corrected chi connectivity index (χ2v) is 10.2. The molecule has 1 aliphatic rings. The largest absolute Gasteiger partial charge is 0.481 e. The van der Waals surface area contributed by atoms with Crippen LogP contribution in [0.4, 0.5) is 19.3 Å². The van der Waals surface area contributed by atoms with Crippen LogP contribution in [-0.2, 0) is 15.0 Å². The number of hydrogen-bond acceptors (Lipinski definition) is 5. The second kappa shape index (κ2) is 10.7. The van der Waals surface area contributed by atoms with E-state index in [9.17, 15) is 23.2 Å². The third-order valence-corrected chi connectivity index (χ3v) is 6.23. The van der Waals surface area contributed by atoms with Gasteiger partial charge in [0.15, 0.2) is 0 Å². The molecule has 0 atom stereocenters. The maximum absolute atomic E-state index is 13.8. The second-order valence-electron chi connectivity index (χ2n) is 10.2. The number of pyridine rings is 1. The van der Waals surface area contributed by atoms with Crippen LogP contribution in [0, 0.1) is 6.92 Å². The SMILES string of the molecule is Cc1ccc(NC(=O)C2(c3ccccc3C(C)C)CN(C(=O)NC(C)(C)CC(=O)O)C2)c(OC(F)F)n1. The number of carboxylic acid groups (broad SMARTS) is 1. The maximum Gasteiger partial charge on any atom is 0.388 e. The summed E-state index contributed by atoms with van der Waals surface area (Å²) >= 11 is 0. The van der Waals surface area contributed by atoms with Crippen molar-refractivity contribution in [3.8, 4) is 5.88 Å². The number of alkyl halides is 2. The minimum absolute atomic E-state index is 0.00186. The highest BCUT2D eigenvalue weighted by Gasteiger charge is 2.54. The first-order valence-corrected chi connectivity index (χ1v) is 11.9. The average Bonchev–Trinajstić information content (AvgIpc) is 2.73. The lowest BCUT2D eigenvalue weighted by molar-refractivity contribution is -0.138. The van der Waals surface area contributed by atoms with Crippen molar-refractivity contribution in [2.45, 2.75) is 64.5 Å². The number of rotatable bonds is 9. The van der Waals surface area contributed by atoms with Gasteiger partial charge in [-0.15, -0.1) is 0 Å². The van der Waals surface area contributed by atoms with E-state index in [1.165, 1.54) is 11.0 Å².